The van der Waals surface area contributed by atoms with Gasteiger partial charge in [-0.05, 0) is 6.42 Å². The van der Waals surface area contributed by atoms with E-state index in [0.29, 0.717) is 0 Å². The first-order valence-electron chi connectivity index (χ1n) is 3.76. The van der Waals surface area contributed by atoms with Gasteiger partial charge >= 0.3 is 0 Å². The van der Waals surface area contributed by atoms with Crippen molar-refractivity contribution >= 4 is 0 Å². The van der Waals surface area contributed by atoms with Crippen molar-refractivity contribution in [2.45, 2.75) is 19.8 Å². The molecule has 0 spiro atoms. The van der Waals surface area contributed by atoms with Gasteiger partial charge in [-0.1, -0.05) is 13.3 Å². The Morgan fingerprint density at radius 1 is 1.18 bits per heavy atom. The van der Waals surface area contributed by atoms with Crippen molar-refractivity contribution in [1.82, 2.24) is 0 Å². The van der Waals surface area contributed by atoms with Gasteiger partial charge in [0.15, 0.2) is 0 Å². The van der Waals surface area contributed by atoms with Gasteiger partial charge in [0.1, 0.15) is 0 Å². The second-order valence-electron chi connectivity index (χ2n) is 3.46. The molecule has 0 heterocycles. The second kappa shape index (κ2) is 7.38. The summed E-state index contributed by atoms with van der Waals surface area (Å²) < 4.78 is 1.10. The molecule has 0 bridgehead atoms. The fourth-order valence-corrected chi connectivity index (χ4v) is 0.632. The quantitative estimate of drug-likeness (QED) is 0.262. The molecule has 66 valence electrons. The molecule has 0 aliphatic carbocycles. The van der Waals surface area contributed by atoms with E-state index >= 15 is 0 Å². The molecule has 0 aliphatic rings. The molecule has 0 aromatic heterocycles. The first-order chi connectivity index (χ1) is 4.97. The minimum Gasteiger partial charge on any atom is -0.373 e. The van der Waals surface area contributed by atoms with Gasteiger partial charge in [-0.25, -0.2) is 0 Å². The summed E-state index contributed by atoms with van der Waals surface area (Å²) in [7, 11) is 6.70. The molecule has 4 heteroatoms. The molecule has 0 atom stereocenters. The molecule has 0 radical (unpaired) electrons. The standard InChI is InChI=1S/C7H18N.N3/c1-5-6-7-8(2,3)4;1-3-2/h5-7H2,1-4H3;/q+1;-1. The third-order valence-electron chi connectivity index (χ3n) is 1.18. The zero-order chi connectivity index (χ0) is 9.33. The van der Waals surface area contributed by atoms with Crippen LogP contribution in [0.4, 0.5) is 0 Å². The van der Waals surface area contributed by atoms with Gasteiger partial charge in [0, 0.05) is 0 Å². The topological polar surface area (TPSA) is 58.7 Å². The van der Waals surface area contributed by atoms with Crippen LogP contribution in [0, 0.1) is 0 Å². The Bertz CT molecular complexity index is 108. The summed E-state index contributed by atoms with van der Waals surface area (Å²) in [6.45, 7) is 3.53. The van der Waals surface area contributed by atoms with Crippen molar-refractivity contribution < 1.29 is 4.48 Å². The van der Waals surface area contributed by atoms with Crippen LogP contribution in [0.5, 0.6) is 0 Å². The molecule has 11 heavy (non-hydrogen) atoms. The fraction of sp³-hybridized carbons (Fsp3) is 1.00. The first-order valence-corrected chi connectivity index (χ1v) is 3.76. The molecule has 0 aromatic rings. The molecule has 0 N–H and O–H groups in total. The Labute approximate surface area is 68.8 Å². The molecular weight excluding hydrogens is 140 g/mol. The van der Waals surface area contributed by atoms with Gasteiger partial charge in [-0.2, -0.15) is 0 Å². The average Bonchev–Trinajstić information content (AvgIpc) is 1.84. The van der Waals surface area contributed by atoms with Crippen LogP contribution in [0.2, 0.25) is 0 Å². The zero-order valence-electron chi connectivity index (χ0n) is 7.91. The normalized spacial score (nSPS) is 9.45. The summed E-state index contributed by atoms with van der Waals surface area (Å²) in [5.74, 6) is 0. The molecule has 0 saturated heterocycles. The highest BCUT2D eigenvalue weighted by Crippen LogP contribution is 1.94. The predicted octanol–water partition coefficient (Wildman–Crippen LogP) is 2.36. The van der Waals surface area contributed by atoms with Crippen molar-refractivity contribution in [1.29, 1.82) is 0 Å². The molecule has 0 amide bonds. The highest BCUT2D eigenvalue weighted by Gasteiger charge is 2.02. The maximum Gasteiger partial charge on any atom is 0.0780 e. The van der Waals surface area contributed by atoms with Crippen LogP contribution in [0.3, 0.4) is 0 Å². The van der Waals surface area contributed by atoms with Gasteiger partial charge in [-0.3, -0.25) is 4.91 Å². The lowest BCUT2D eigenvalue weighted by molar-refractivity contribution is -0.870. The van der Waals surface area contributed by atoms with E-state index in [1.54, 1.807) is 0 Å². The Kier molecular flexibility index (Phi) is 8.65. The van der Waals surface area contributed by atoms with Crippen LogP contribution in [-0.2, 0) is 0 Å². The van der Waals surface area contributed by atoms with E-state index in [-0.39, 0.29) is 0 Å². The third kappa shape index (κ3) is 26.9. The maximum absolute atomic E-state index is 6.75. The van der Waals surface area contributed by atoms with Gasteiger partial charge < -0.3 is 15.5 Å². The number of hydrogen-bond donors (Lipinski definition) is 0. The van der Waals surface area contributed by atoms with E-state index in [0.717, 1.165) is 4.48 Å². The summed E-state index contributed by atoms with van der Waals surface area (Å²) >= 11 is 0. The minimum atomic E-state index is 1.10. The Morgan fingerprint density at radius 3 is 1.64 bits per heavy atom. The molecule has 0 saturated carbocycles. The number of nitrogens with zero attached hydrogens (tertiary/aromatic N) is 4. The van der Waals surface area contributed by atoms with E-state index in [1.165, 1.54) is 24.3 Å². The van der Waals surface area contributed by atoms with Gasteiger partial charge in [0.2, 0.25) is 0 Å². The summed E-state index contributed by atoms with van der Waals surface area (Å²) in [4.78, 5) is 1.50. The highest BCUT2D eigenvalue weighted by atomic mass is 15.3. The van der Waals surface area contributed by atoms with E-state index in [2.05, 4.69) is 28.1 Å². The Hall–Kier alpha value is -0.730. The lowest BCUT2D eigenvalue weighted by Crippen LogP contribution is -2.35. The lowest BCUT2D eigenvalue weighted by atomic mass is 10.3. The molecule has 0 fully saturated rings. The third-order valence-corrected chi connectivity index (χ3v) is 1.18. The van der Waals surface area contributed by atoms with E-state index in [4.69, 9.17) is 11.1 Å². The van der Waals surface area contributed by atoms with Gasteiger partial charge in [-0.15, -0.1) is 0 Å². The first kappa shape index (κ1) is 12.9. The summed E-state index contributed by atoms with van der Waals surface area (Å²) in [6, 6.07) is 0. The van der Waals surface area contributed by atoms with Crippen molar-refractivity contribution in [3.63, 3.8) is 0 Å². The molecular formula is C7H18N4. The van der Waals surface area contributed by atoms with E-state index < -0.39 is 0 Å². The average molecular weight is 158 g/mol. The summed E-state index contributed by atoms with van der Waals surface area (Å²) in [5, 5.41) is 0. The van der Waals surface area contributed by atoms with E-state index in [1.807, 2.05) is 0 Å². The van der Waals surface area contributed by atoms with Gasteiger partial charge in [0.05, 0.1) is 27.7 Å². The Balaban J connectivity index is 0. The van der Waals surface area contributed by atoms with Crippen LogP contribution >= 0.6 is 0 Å². The van der Waals surface area contributed by atoms with Gasteiger partial charge in [0.25, 0.3) is 0 Å². The minimum absolute atomic E-state index is 1.10. The van der Waals surface area contributed by atoms with Crippen molar-refractivity contribution in [3.8, 4) is 0 Å². The molecule has 0 unspecified atom stereocenters. The second-order valence-corrected chi connectivity index (χ2v) is 3.46. The Morgan fingerprint density at radius 2 is 1.55 bits per heavy atom. The predicted molar refractivity (Wildman–Crippen MR) is 47.9 cm³/mol. The number of quaternary nitrogens is 1. The summed E-state index contributed by atoms with van der Waals surface area (Å²) in [6.07, 6.45) is 2.67. The van der Waals surface area contributed by atoms with Crippen LogP contribution < -0.4 is 0 Å². The largest absolute Gasteiger partial charge is 0.373 e. The van der Waals surface area contributed by atoms with Crippen molar-refractivity contribution in [2.75, 3.05) is 27.7 Å². The van der Waals surface area contributed by atoms with Crippen molar-refractivity contribution in [3.05, 3.63) is 16.0 Å². The van der Waals surface area contributed by atoms with Crippen LogP contribution in [0.25, 0.3) is 16.0 Å². The van der Waals surface area contributed by atoms with E-state index in [9.17, 15) is 0 Å². The highest BCUT2D eigenvalue weighted by molar-refractivity contribution is 4.36. The summed E-state index contributed by atoms with van der Waals surface area (Å²) in [5.41, 5.74) is 13.5. The SMILES string of the molecule is CCCC[N+](C)(C)C.[N-]=[N+]=[N-]. The number of rotatable bonds is 3. The molecule has 0 rings (SSSR count). The smallest absolute Gasteiger partial charge is 0.0780 e. The lowest BCUT2D eigenvalue weighted by Gasteiger charge is -2.23. The molecule has 0 aliphatic heterocycles. The number of hydrogen-bond acceptors (Lipinski definition) is 0. The van der Waals surface area contributed by atoms with Crippen LogP contribution in [0.15, 0.2) is 0 Å². The van der Waals surface area contributed by atoms with Crippen molar-refractivity contribution in [2.24, 2.45) is 0 Å². The molecule has 0 aromatic carbocycles. The molecule has 4 nitrogen and oxygen atoms in total. The maximum atomic E-state index is 6.75. The fourth-order valence-electron chi connectivity index (χ4n) is 0.632. The van der Waals surface area contributed by atoms with Crippen LogP contribution in [-0.4, -0.2) is 32.2 Å². The van der Waals surface area contributed by atoms with Crippen LogP contribution in [0.1, 0.15) is 19.8 Å². The monoisotopic (exact) mass is 158 g/mol. The zero-order valence-corrected chi connectivity index (χ0v) is 7.91. The number of unbranched alkanes of at least 4 members (excludes halogenated alkanes) is 1.